The van der Waals surface area contributed by atoms with Crippen LogP contribution in [0.25, 0.3) is 0 Å². The van der Waals surface area contributed by atoms with E-state index < -0.39 is 23.9 Å². The standard InChI is InChI=1S/C6H8ClF3O2/c1-2-12-5(11)4(7)3-6(8,9)10/h4H,2-3H2,1H3. The molecule has 0 spiro atoms. The van der Waals surface area contributed by atoms with Gasteiger partial charge < -0.3 is 4.74 Å². The van der Waals surface area contributed by atoms with Crippen molar-refractivity contribution in [3.63, 3.8) is 0 Å². The van der Waals surface area contributed by atoms with Gasteiger partial charge in [0.25, 0.3) is 0 Å². The Morgan fingerprint density at radius 3 is 2.42 bits per heavy atom. The Hall–Kier alpha value is -0.450. The fourth-order valence-corrected chi connectivity index (χ4v) is 0.757. The third-order valence-electron chi connectivity index (χ3n) is 0.953. The van der Waals surface area contributed by atoms with Crippen molar-refractivity contribution in [2.24, 2.45) is 0 Å². The highest BCUT2D eigenvalue weighted by atomic mass is 35.5. The average Bonchev–Trinajstić information content (AvgIpc) is 1.84. The Morgan fingerprint density at radius 1 is 1.58 bits per heavy atom. The highest BCUT2D eigenvalue weighted by Gasteiger charge is 2.34. The summed E-state index contributed by atoms with van der Waals surface area (Å²) in [5, 5.41) is -1.63. The third kappa shape index (κ3) is 5.23. The second kappa shape index (κ2) is 4.54. The Bertz CT molecular complexity index is 157. The van der Waals surface area contributed by atoms with Gasteiger partial charge in [-0.3, -0.25) is 4.79 Å². The summed E-state index contributed by atoms with van der Waals surface area (Å²) in [6, 6.07) is 0. The molecule has 0 aromatic rings. The van der Waals surface area contributed by atoms with Crippen molar-refractivity contribution < 1.29 is 22.7 Å². The predicted molar refractivity (Wildman–Crippen MR) is 36.9 cm³/mol. The molecule has 1 unspecified atom stereocenters. The van der Waals surface area contributed by atoms with E-state index in [1.54, 1.807) is 0 Å². The average molecular weight is 205 g/mol. The lowest BCUT2D eigenvalue weighted by Crippen LogP contribution is -2.24. The normalized spacial score (nSPS) is 14.1. The molecule has 0 saturated carbocycles. The molecule has 0 aromatic heterocycles. The number of carbonyl (C=O) groups excluding carboxylic acids is 1. The van der Waals surface area contributed by atoms with Crippen molar-refractivity contribution in [3.05, 3.63) is 0 Å². The summed E-state index contributed by atoms with van der Waals surface area (Å²) in [6.07, 6.45) is -5.79. The molecule has 0 amide bonds. The van der Waals surface area contributed by atoms with E-state index in [-0.39, 0.29) is 6.61 Å². The highest BCUT2D eigenvalue weighted by Crippen LogP contribution is 2.24. The minimum atomic E-state index is -4.43. The van der Waals surface area contributed by atoms with Gasteiger partial charge in [-0.1, -0.05) is 0 Å². The van der Waals surface area contributed by atoms with Crippen LogP contribution >= 0.6 is 11.6 Å². The third-order valence-corrected chi connectivity index (χ3v) is 1.29. The van der Waals surface area contributed by atoms with Crippen LogP contribution in [-0.2, 0) is 9.53 Å². The minimum Gasteiger partial charge on any atom is -0.465 e. The number of hydrogen-bond acceptors (Lipinski definition) is 2. The summed E-state index contributed by atoms with van der Waals surface area (Å²) in [4.78, 5) is 10.6. The maximum absolute atomic E-state index is 11.6. The van der Waals surface area contributed by atoms with Crippen molar-refractivity contribution in [2.45, 2.75) is 24.9 Å². The molecule has 0 fully saturated rings. The summed E-state index contributed by atoms with van der Waals surface area (Å²) < 4.78 is 39.1. The zero-order valence-electron chi connectivity index (χ0n) is 6.32. The molecule has 6 heteroatoms. The smallest absolute Gasteiger partial charge is 0.391 e. The number of alkyl halides is 4. The topological polar surface area (TPSA) is 26.3 Å². The van der Waals surface area contributed by atoms with E-state index in [1.807, 2.05) is 0 Å². The summed E-state index contributed by atoms with van der Waals surface area (Å²) in [7, 11) is 0. The molecule has 0 radical (unpaired) electrons. The molecule has 0 N–H and O–H groups in total. The zero-order chi connectivity index (χ0) is 9.78. The summed E-state index contributed by atoms with van der Waals surface area (Å²) in [6.45, 7) is 1.52. The van der Waals surface area contributed by atoms with Gasteiger partial charge in [0.2, 0.25) is 0 Å². The molecule has 0 aliphatic carbocycles. The number of rotatable bonds is 3. The first-order chi connectivity index (χ1) is 5.37. The molecular formula is C6H8ClF3O2. The van der Waals surface area contributed by atoms with Gasteiger partial charge in [-0.05, 0) is 6.92 Å². The number of ether oxygens (including phenoxy) is 1. The fourth-order valence-electron chi connectivity index (χ4n) is 0.519. The van der Waals surface area contributed by atoms with Gasteiger partial charge in [0.05, 0.1) is 13.0 Å². The second-order valence-corrected chi connectivity index (χ2v) is 2.57. The molecule has 0 aromatic carbocycles. The second-order valence-electron chi connectivity index (χ2n) is 2.04. The van der Waals surface area contributed by atoms with Gasteiger partial charge in [-0.2, -0.15) is 13.2 Å². The highest BCUT2D eigenvalue weighted by molar-refractivity contribution is 6.29. The van der Waals surface area contributed by atoms with E-state index in [1.165, 1.54) is 6.92 Å². The molecule has 12 heavy (non-hydrogen) atoms. The van der Waals surface area contributed by atoms with Crippen LogP contribution in [-0.4, -0.2) is 24.1 Å². The predicted octanol–water partition coefficient (Wildman–Crippen LogP) is 2.11. The van der Waals surface area contributed by atoms with Crippen molar-refractivity contribution in [1.82, 2.24) is 0 Å². The van der Waals surface area contributed by atoms with Gasteiger partial charge >= 0.3 is 12.1 Å². The van der Waals surface area contributed by atoms with Gasteiger partial charge in [-0.25, -0.2) is 0 Å². The molecule has 2 nitrogen and oxygen atoms in total. The quantitative estimate of drug-likeness (QED) is 0.520. The molecule has 0 rings (SSSR count). The molecule has 0 aliphatic rings. The minimum absolute atomic E-state index is 0.0277. The van der Waals surface area contributed by atoms with Crippen LogP contribution in [0.15, 0.2) is 0 Å². The van der Waals surface area contributed by atoms with Gasteiger partial charge in [0, 0.05) is 0 Å². The Kier molecular flexibility index (Phi) is 4.37. The van der Waals surface area contributed by atoms with Crippen LogP contribution in [0.2, 0.25) is 0 Å². The molecule has 0 saturated heterocycles. The van der Waals surface area contributed by atoms with E-state index in [4.69, 9.17) is 11.6 Å². The molecular weight excluding hydrogens is 197 g/mol. The van der Waals surface area contributed by atoms with Crippen molar-refractivity contribution in [1.29, 1.82) is 0 Å². The molecule has 1 atom stereocenters. The molecule has 0 heterocycles. The van der Waals surface area contributed by atoms with Crippen LogP contribution in [0.3, 0.4) is 0 Å². The van der Waals surface area contributed by atoms with Gasteiger partial charge in [0.1, 0.15) is 5.38 Å². The Labute approximate surface area is 72.6 Å². The molecule has 0 bridgehead atoms. The number of halogens is 4. The van der Waals surface area contributed by atoms with Crippen LogP contribution < -0.4 is 0 Å². The number of carbonyl (C=O) groups is 1. The first-order valence-corrected chi connectivity index (χ1v) is 3.68. The monoisotopic (exact) mass is 204 g/mol. The van der Waals surface area contributed by atoms with Gasteiger partial charge in [0.15, 0.2) is 0 Å². The summed E-state index contributed by atoms with van der Waals surface area (Å²) in [5.41, 5.74) is 0. The van der Waals surface area contributed by atoms with Crippen LogP contribution in [0, 0.1) is 0 Å². The van der Waals surface area contributed by atoms with E-state index in [9.17, 15) is 18.0 Å². The van der Waals surface area contributed by atoms with Crippen molar-refractivity contribution in [2.75, 3.05) is 6.61 Å². The first-order valence-electron chi connectivity index (χ1n) is 3.24. The lowest BCUT2D eigenvalue weighted by Gasteiger charge is -2.10. The zero-order valence-corrected chi connectivity index (χ0v) is 7.08. The van der Waals surface area contributed by atoms with E-state index >= 15 is 0 Å². The fraction of sp³-hybridized carbons (Fsp3) is 0.833. The number of esters is 1. The molecule has 72 valence electrons. The van der Waals surface area contributed by atoms with Crippen molar-refractivity contribution >= 4 is 17.6 Å². The van der Waals surface area contributed by atoms with Crippen LogP contribution in [0.4, 0.5) is 13.2 Å². The largest absolute Gasteiger partial charge is 0.465 e. The van der Waals surface area contributed by atoms with E-state index in [0.717, 1.165) is 0 Å². The van der Waals surface area contributed by atoms with E-state index in [0.29, 0.717) is 0 Å². The Balaban J connectivity index is 3.87. The maximum atomic E-state index is 11.6. The SMILES string of the molecule is CCOC(=O)C(Cl)CC(F)(F)F. The van der Waals surface area contributed by atoms with Gasteiger partial charge in [-0.15, -0.1) is 11.6 Å². The lowest BCUT2D eigenvalue weighted by atomic mass is 10.3. The molecule has 0 aliphatic heterocycles. The summed E-state index contributed by atoms with van der Waals surface area (Å²) >= 11 is 5.10. The lowest BCUT2D eigenvalue weighted by molar-refractivity contribution is -0.155. The van der Waals surface area contributed by atoms with Crippen LogP contribution in [0.5, 0.6) is 0 Å². The summed E-state index contributed by atoms with van der Waals surface area (Å²) in [5.74, 6) is -1.03. The van der Waals surface area contributed by atoms with Crippen LogP contribution in [0.1, 0.15) is 13.3 Å². The Morgan fingerprint density at radius 2 is 2.08 bits per heavy atom. The van der Waals surface area contributed by atoms with E-state index in [2.05, 4.69) is 4.74 Å². The number of hydrogen-bond donors (Lipinski definition) is 0. The maximum Gasteiger partial charge on any atom is 0.391 e. The van der Waals surface area contributed by atoms with Crippen molar-refractivity contribution in [3.8, 4) is 0 Å². The first kappa shape index (κ1) is 11.6.